The molecule has 1 saturated carbocycles. The first kappa shape index (κ1) is 9.38. The first-order valence-corrected chi connectivity index (χ1v) is 5.42. The van der Waals surface area contributed by atoms with Crippen molar-refractivity contribution in [3.8, 4) is 6.01 Å². The van der Waals surface area contributed by atoms with Gasteiger partial charge >= 0.3 is 6.01 Å². The molecule has 0 aromatic carbocycles. The summed E-state index contributed by atoms with van der Waals surface area (Å²) in [6.45, 7) is 0.676. The molecule has 3 N–H and O–H groups in total. The molecule has 1 aliphatic carbocycles. The van der Waals surface area contributed by atoms with Gasteiger partial charge in [-0.25, -0.2) is 4.98 Å². The summed E-state index contributed by atoms with van der Waals surface area (Å²) in [6, 6.07) is 0.323. The number of nitrogens with zero attached hydrogens (tertiary/aromatic N) is 3. The van der Waals surface area contributed by atoms with E-state index in [0.29, 0.717) is 35.5 Å². The molecule has 2 aromatic rings. The Kier molecular flexibility index (Phi) is 2.12. The predicted octanol–water partition coefficient (Wildman–Crippen LogP) is 1.11. The van der Waals surface area contributed by atoms with Gasteiger partial charge in [-0.15, -0.1) is 0 Å². The molecule has 0 bridgehead atoms. The van der Waals surface area contributed by atoms with Crippen LogP contribution in [0.1, 0.15) is 19.3 Å². The zero-order valence-corrected chi connectivity index (χ0v) is 8.81. The Hall–Kier alpha value is -1.85. The number of rotatable bonds is 3. The van der Waals surface area contributed by atoms with E-state index in [-0.39, 0.29) is 0 Å². The van der Waals surface area contributed by atoms with Gasteiger partial charge in [0, 0.05) is 0 Å². The number of hydrogen-bond acceptors (Lipinski definition) is 5. The van der Waals surface area contributed by atoms with E-state index in [2.05, 4.69) is 19.9 Å². The smallest absolute Gasteiger partial charge is 0.320 e. The maximum absolute atomic E-state index is 5.75. The summed E-state index contributed by atoms with van der Waals surface area (Å²) in [5.41, 5.74) is 6.97. The molecule has 0 amide bonds. The Bertz CT molecular complexity index is 505. The van der Waals surface area contributed by atoms with Crippen LogP contribution in [0.2, 0.25) is 0 Å². The predicted molar refractivity (Wildman–Crippen MR) is 58.9 cm³/mol. The second-order valence-corrected chi connectivity index (χ2v) is 4.10. The number of nitrogen functional groups attached to an aromatic ring is 1. The lowest BCUT2D eigenvalue weighted by atomic mass is 9.86. The van der Waals surface area contributed by atoms with Gasteiger partial charge < -0.3 is 15.5 Å². The molecule has 6 nitrogen and oxygen atoms in total. The van der Waals surface area contributed by atoms with Crippen molar-refractivity contribution in [2.45, 2.75) is 19.3 Å². The van der Waals surface area contributed by atoms with Crippen LogP contribution >= 0.6 is 0 Å². The number of ether oxygens (including phenoxy) is 1. The number of imidazole rings is 1. The largest absolute Gasteiger partial charge is 0.463 e. The van der Waals surface area contributed by atoms with Crippen LogP contribution in [0.3, 0.4) is 0 Å². The van der Waals surface area contributed by atoms with Gasteiger partial charge in [-0.1, -0.05) is 6.42 Å². The fourth-order valence-corrected chi connectivity index (χ4v) is 1.75. The molecule has 1 aliphatic rings. The van der Waals surface area contributed by atoms with Gasteiger partial charge in [-0.05, 0) is 18.8 Å². The molecule has 0 aliphatic heterocycles. The number of hydrogen-bond donors (Lipinski definition) is 2. The molecule has 0 radical (unpaired) electrons. The quantitative estimate of drug-likeness (QED) is 0.807. The van der Waals surface area contributed by atoms with E-state index in [0.717, 1.165) is 0 Å². The summed E-state index contributed by atoms with van der Waals surface area (Å²) >= 11 is 0. The lowest BCUT2D eigenvalue weighted by Gasteiger charge is -2.24. The van der Waals surface area contributed by atoms with Crippen molar-refractivity contribution in [3.05, 3.63) is 6.33 Å². The normalized spacial score (nSPS) is 16.2. The van der Waals surface area contributed by atoms with Crippen LogP contribution in [0.15, 0.2) is 6.33 Å². The highest BCUT2D eigenvalue weighted by molar-refractivity contribution is 5.81. The van der Waals surface area contributed by atoms with Gasteiger partial charge in [0.15, 0.2) is 11.5 Å². The number of nitrogens with two attached hydrogens (primary N) is 1. The van der Waals surface area contributed by atoms with Crippen molar-refractivity contribution < 1.29 is 4.74 Å². The summed E-state index contributed by atoms with van der Waals surface area (Å²) in [7, 11) is 0. The number of anilines is 1. The molecule has 3 rings (SSSR count). The van der Waals surface area contributed by atoms with Crippen LogP contribution in [0, 0.1) is 5.92 Å². The van der Waals surface area contributed by atoms with Crippen LogP contribution in [-0.4, -0.2) is 26.5 Å². The van der Waals surface area contributed by atoms with Gasteiger partial charge in [-0.3, -0.25) is 0 Å². The second-order valence-electron chi connectivity index (χ2n) is 4.10. The Balaban J connectivity index is 1.80. The summed E-state index contributed by atoms with van der Waals surface area (Å²) in [6.07, 6.45) is 5.32. The highest BCUT2D eigenvalue weighted by Gasteiger charge is 2.18. The van der Waals surface area contributed by atoms with Crippen LogP contribution in [0.5, 0.6) is 6.01 Å². The minimum Gasteiger partial charge on any atom is -0.463 e. The fraction of sp³-hybridized carbons (Fsp3) is 0.500. The van der Waals surface area contributed by atoms with Gasteiger partial charge in [0.2, 0.25) is 0 Å². The second kappa shape index (κ2) is 3.62. The average Bonchev–Trinajstić information content (AvgIpc) is 2.63. The van der Waals surface area contributed by atoms with Crippen molar-refractivity contribution in [1.29, 1.82) is 0 Å². The van der Waals surface area contributed by atoms with Gasteiger partial charge in [0.05, 0.1) is 12.9 Å². The molecular formula is C10H13N5O. The fourth-order valence-electron chi connectivity index (χ4n) is 1.75. The van der Waals surface area contributed by atoms with Crippen LogP contribution in [0.25, 0.3) is 11.2 Å². The summed E-state index contributed by atoms with van der Waals surface area (Å²) in [4.78, 5) is 15.2. The number of H-pyrrole nitrogens is 1. The van der Waals surface area contributed by atoms with Crippen molar-refractivity contribution in [1.82, 2.24) is 19.9 Å². The van der Waals surface area contributed by atoms with E-state index in [4.69, 9.17) is 10.5 Å². The molecule has 16 heavy (non-hydrogen) atoms. The third-order valence-corrected chi connectivity index (χ3v) is 2.97. The third kappa shape index (κ3) is 1.56. The first-order chi connectivity index (χ1) is 7.83. The van der Waals surface area contributed by atoms with E-state index >= 15 is 0 Å². The lowest BCUT2D eigenvalue weighted by Crippen LogP contribution is -2.20. The Morgan fingerprint density at radius 2 is 2.31 bits per heavy atom. The third-order valence-electron chi connectivity index (χ3n) is 2.97. The highest BCUT2D eigenvalue weighted by atomic mass is 16.5. The zero-order valence-electron chi connectivity index (χ0n) is 8.81. The van der Waals surface area contributed by atoms with Crippen LogP contribution < -0.4 is 10.5 Å². The van der Waals surface area contributed by atoms with E-state index in [1.807, 2.05) is 0 Å². The van der Waals surface area contributed by atoms with Crippen molar-refractivity contribution in [2.24, 2.45) is 5.92 Å². The van der Waals surface area contributed by atoms with Crippen LogP contribution in [0.4, 0.5) is 5.82 Å². The Morgan fingerprint density at radius 3 is 3.06 bits per heavy atom. The van der Waals surface area contributed by atoms with E-state index < -0.39 is 0 Å². The molecule has 6 heteroatoms. The van der Waals surface area contributed by atoms with Gasteiger partial charge in [0.25, 0.3) is 0 Å². The average molecular weight is 219 g/mol. The Morgan fingerprint density at radius 1 is 1.44 bits per heavy atom. The van der Waals surface area contributed by atoms with Crippen molar-refractivity contribution in [2.75, 3.05) is 12.3 Å². The van der Waals surface area contributed by atoms with E-state index in [1.54, 1.807) is 6.33 Å². The summed E-state index contributed by atoms with van der Waals surface area (Å²) in [5, 5.41) is 0. The molecule has 0 saturated heterocycles. The molecule has 0 atom stereocenters. The SMILES string of the molecule is Nc1nc(OCC2CCC2)nc2nc[nH]c12. The van der Waals surface area contributed by atoms with Crippen LogP contribution in [-0.2, 0) is 0 Å². The van der Waals surface area contributed by atoms with Crippen molar-refractivity contribution in [3.63, 3.8) is 0 Å². The minimum absolute atomic E-state index is 0.323. The molecule has 0 spiro atoms. The molecule has 2 heterocycles. The number of aromatic nitrogens is 4. The number of aromatic amines is 1. The Labute approximate surface area is 92.3 Å². The molecule has 2 aromatic heterocycles. The molecule has 1 fully saturated rings. The maximum atomic E-state index is 5.75. The van der Waals surface area contributed by atoms with E-state index in [9.17, 15) is 0 Å². The molecular weight excluding hydrogens is 206 g/mol. The van der Waals surface area contributed by atoms with E-state index in [1.165, 1.54) is 19.3 Å². The molecule has 0 unspecified atom stereocenters. The lowest BCUT2D eigenvalue weighted by molar-refractivity contribution is 0.171. The van der Waals surface area contributed by atoms with Crippen molar-refractivity contribution >= 4 is 17.0 Å². The highest BCUT2D eigenvalue weighted by Crippen LogP contribution is 2.26. The maximum Gasteiger partial charge on any atom is 0.320 e. The summed E-state index contributed by atoms with van der Waals surface area (Å²) in [5.74, 6) is 1.03. The van der Waals surface area contributed by atoms with Gasteiger partial charge in [0.1, 0.15) is 5.52 Å². The monoisotopic (exact) mass is 219 g/mol. The minimum atomic E-state index is 0.323. The number of nitrogens with one attached hydrogen (secondary N) is 1. The first-order valence-electron chi connectivity index (χ1n) is 5.42. The standard InChI is InChI=1S/C10H13N5O/c11-8-7-9(13-5-12-7)15-10(14-8)16-4-6-2-1-3-6/h5-6H,1-4H2,(H3,11,12,13,14,15). The topological polar surface area (TPSA) is 89.7 Å². The van der Waals surface area contributed by atoms with Gasteiger partial charge in [-0.2, -0.15) is 9.97 Å². The zero-order chi connectivity index (χ0) is 11.0. The number of fused-ring (bicyclic) bond motifs is 1. The summed E-state index contributed by atoms with van der Waals surface area (Å²) < 4.78 is 5.51. The molecule has 84 valence electrons.